The SMILES string of the molecule is FC(F)(F)c1cc(NC2CCN(Cc3noc4c3CCCC4)CC2)ncn1. The average molecular weight is 381 g/mol. The molecule has 3 heterocycles. The fourth-order valence-electron chi connectivity index (χ4n) is 3.82. The molecule has 0 aromatic carbocycles. The van der Waals surface area contributed by atoms with Crippen LogP contribution in [0.5, 0.6) is 0 Å². The molecule has 0 amide bonds. The molecule has 2 aromatic rings. The van der Waals surface area contributed by atoms with E-state index in [0.717, 1.165) is 75.6 Å². The second-order valence-electron chi connectivity index (χ2n) is 7.22. The summed E-state index contributed by atoms with van der Waals surface area (Å²) in [6.45, 7) is 2.49. The maximum atomic E-state index is 12.8. The van der Waals surface area contributed by atoms with Crippen LogP contribution in [0, 0.1) is 0 Å². The van der Waals surface area contributed by atoms with Crippen LogP contribution < -0.4 is 5.32 Å². The summed E-state index contributed by atoms with van der Waals surface area (Å²) < 4.78 is 43.8. The number of anilines is 1. The molecule has 9 heteroatoms. The number of halogens is 3. The van der Waals surface area contributed by atoms with E-state index < -0.39 is 11.9 Å². The fraction of sp³-hybridized carbons (Fsp3) is 0.611. The molecule has 1 aliphatic heterocycles. The number of fused-ring (bicyclic) bond motifs is 1. The lowest BCUT2D eigenvalue weighted by Crippen LogP contribution is -2.39. The van der Waals surface area contributed by atoms with Crippen molar-refractivity contribution in [3.63, 3.8) is 0 Å². The molecule has 27 heavy (non-hydrogen) atoms. The molecule has 146 valence electrons. The standard InChI is InChI=1S/C18H22F3N5O/c19-18(20,21)16-9-17(23-11-22-16)24-12-5-7-26(8-6-12)10-14-13-3-1-2-4-15(13)27-25-14/h9,11-12H,1-8,10H2,(H,22,23,24). The predicted molar refractivity (Wildman–Crippen MR) is 92.1 cm³/mol. The summed E-state index contributed by atoms with van der Waals surface area (Å²) in [4.78, 5) is 9.53. The van der Waals surface area contributed by atoms with Gasteiger partial charge in [-0.25, -0.2) is 9.97 Å². The fourth-order valence-corrected chi connectivity index (χ4v) is 3.82. The van der Waals surface area contributed by atoms with Gasteiger partial charge >= 0.3 is 6.18 Å². The van der Waals surface area contributed by atoms with Gasteiger partial charge in [0.15, 0.2) is 0 Å². The first-order valence-corrected chi connectivity index (χ1v) is 9.33. The van der Waals surface area contributed by atoms with Gasteiger partial charge in [0.05, 0.1) is 0 Å². The highest BCUT2D eigenvalue weighted by molar-refractivity contribution is 5.37. The van der Waals surface area contributed by atoms with Crippen molar-refractivity contribution in [3.05, 3.63) is 35.1 Å². The number of rotatable bonds is 4. The Labute approximate surface area is 155 Å². The van der Waals surface area contributed by atoms with Crippen molar-refractivity contribution in [2.75, 3.05) is 18.4 Å². The third kappa shape index (κ3) is 4.23. The van der Waals surface area contributed by atoms with E-state index in [2.05, 4.69) is 25.3 Å². The second kappa shape index (κ2) is 7.46. The number of aromatic nitrogens is 3. The van der Waals surface area contributed by atoms with E-state index in [0.29, 0.717) is 0 Å². The Hall–Kier alpha value is -2.16. The van der Waals surface area contributed by atoms with E-state index in [4.69, 9.17) is 4.52 Å². The molecule has 1 saturated heterocycles. The minimum Gasteiger partial charge on any atom is -0.367 e. The predicted octanol–water partition coefficient (Wildman–Crippen LogP) is 3.44. The van der Waals surface area contributed by atoms with E-state index >= 15 is 0 Å². The number of hydrogen-bond donors (Lipinski definition) is 1. The monoisotopic (exact) mass is 381 g/mol. The Kier molecular flexibility index (Phi) is 5.03. The Bertz CT molecular complexity index is 784. The molecule has 2 aromatic heterocycles. The molecule has 4 rings (SSSR count). The summed E-state index contributed by atoms with van der Waals surface area (Å²) >= 11 is 0. The van der Waals surface area contributed by atoms with Crippen LogP contribution in [0.15, 0.2) is 16.9 Å². The van der Waals surface area contributed by atoms with Crippen LogP contribution >= 0.6 is 0 Å². The van der Waals surface area contributed by atoms with Gasteiger partial charge in [0.1, 0.15) is 29.3 Å². The van der Waals surface area contributed by atoms with Crippen LogP contribution in [-0.4, -0.2) is 39.2 Å². The third-order valence-electron chi connectivity index (χ3n) is 5.30. The van der Waals surface area contributed by atoms with E-state index in [1.54, 1.807) is 0 Å². The smallest absolute Gasteiger partial charge is 0.367 e. The van der Waals surface area contributed by atoms with Gasteiger partial charge < -0.3 is 9.84 Å². The summed E-state index contributed by atoms with van der Waals surface area (Å²) in [5, 5.41) is 7.37. The molecule has 2 aliphatic rings. The third-order valence-corrected chi connectivity index (χ3v) is 5.30. The molecule has 6 nitrogen and oxygen atoms in total. The van der Waals surface area contributed by atoms with E-state index in [9.17, 15) is 13.2 Å². The number of hydrogen-bond acceptors (Lipinski definition) is 6. The van der Waals surface area contributed by atoms with Crippen molar-refractivity contribution in [3.8, 4) is 0 Å². The van der Waals surface area contributed by atoms with Crippen molar-refractivity contribution in [1.82, 2.24) is 20.0 Å². The van der Waals surface area contributed by atoms with Crippen LogP contribution in [-0.2, 0) is 25.6 Å². The molecule has 0 saturated carbocycles. The van der Waals surface area contributed by atoms with Gasteiger partial charge in [0.25, 0.3) is 0 Å². The lowest BCUT2D eigenvalue weighted by molar-refractivity contribution is -0.141. The lowest BCUT2D eigenvalue weighted by Gasteiger charge is -2.32. The Balaban J connectivity index is 1.31. The number of nitrogens with one attached hydrogen (secondary N) is 1. The number of nitrogens with zero attached hydrogens (tertiary/aromatic N) is 4. The normalized spacial score (nSPS) is 19.1. The zero-order chi connectivity index (χ0) is 18.9. The molecule has 1 N–H and O–H groups in total. The Morgan fingerprint density at radius 2 is 1.93 bits per heavy atom. The molecule has 0 bridgehead atoms. The van der Waals surface area contributed by atoms with Gasteiger partial charge in [0, 0.05) is 43.7 Å². The van der Waals surface area contributed by atoms with Gasteiger partial charge in [0.2, 0.25) is 0 Å². The highest BCUT2D eigenvalue weighted by Crippen LogP contribution is 2.29. The average Bonchev–Trinajstić information content (AvgIpc) is 3.06. The van der Waals surface area contributed by atoms with Crippen molar-refractivity contribution >= 4 is 5.82 Å². The van der Waals surface area contributed by atoms with Crippen molar-refractivity contribution in [2.45, 2.75) is 57.3 Å². The largest absolute Gasteiger partial charge is 0.433 e. The molecule has 0 radical (unpaired) electrons. The van der Waals surface area contributed by atoms with E-state index in [1.807, 2.05) is 0 Å². The highest BCUT2D eigenvalue weighted by Gasteiger charge is 2.33. The first kappa shape index (κ1) is 18.2. The van der Waals surface area contributed by atoms with Crippen LogP contribution in [0.1, 0.15) is 48.4 Å². The number of likely N-dealkylation sites (tertiary alicyclic amines) is 1. The number of alkyl halides is 3. The summed E-state index contributed by atoms with van der Waals surface area (Å²) in [6, 6.07) is 1.07. The Morgan fingerprint density at radius 1 is 1.15 bits per heavy atom. The van der Waals surface area contributed by atoms with Gasteiger partial charge in [-0.3, -0.25) is 4.90 Å². The molecule has 1 aliphatic carbocycles. The van der Waals surface area contributed by atoms with Gasteiger partial charge in [-0.1, -0.05) is 5.16 Å². The van der Waals surface area contributed by atoms with Crippen LogP contribution in [0.25, 0.3) is 0 Å². The van der Waals surface area contributed by atoms with Crippen LogP contribution in [0.4, 0.5) is 19.0 Å². The summed E-state index contributed by atoms with van der Waals surface area (Å²) in [5.74, 6) is 1.26. The van der Waals surface area contributed by atoms with Crippen LogP contribution in [0.3, 0.4) is 0 Å². The van der Waals surface area contributed by atoms with Gasteiger partial charge in [-0.2, -0.15) is 13.2 Å². The zero-order valence-electron chi connectivity index (χ0n) is 14.9. The maximum Gasteiger partial charge on any atom is 0.433 e. The van der Waals surface area contributed by atoms with Crippen LogP contribution in [0.2, 0.25) is 0 Å². The topological polar surface area (TPSA) is 67.1 Å². The summed E-state index contributed by atoms with van der Waals surface area (Å²) in [5.41, 5.74) is 1.40. The Morgan fingerprint density at radius 3 is 2.70 bits per heavy atom. The lowest BCUT2D eigenvalue weighted by atomic mass is 9.96. The second-order valence-corrected chi connectivity index (χ2v) is 7.22. The van der Waals surface area contributed by atoms with Crippen molar-refractivity contribution in [2.24, 2.45) is 0 Å². The molecular formula is C18H22F3N5O. The molecule has 1 fully saturated rings. The van der Waals surface area contributed by atoms with Gasteiger partial charge in [-0.05, 0) is 32.1 Å². The van der Waals surface area contributed by atoms with E-state index in [-0.39, 0.29) is 11.9 Å². The molecule has 0 unspecified atom stereocenters. The molecular weight excluding hydrogens is 359 g/mol. The summed E-state index contributed by atoms with van der Waals surface area (Å²) in [6.07, 6.45) is 2.54. The maximum absolute atomic E-state index is 12.8. The van der Waals surface area contributed by atoms with E-state index in [1.165, 1.54) is 12.0 Å². The summed E-state index contributed by atoms with van der Waals surface area (Å²) in [7, 11) is 0. The first-order valence-electron chi connectivity index (χ1n) is 9.33. The first-order chi connectivity index (χ1) is 13.0. The van der Waals surface area contributed by atoms with Gasteiger partial charge in [-0.15, -0.1) is 0 Å². The number of aryl methyl sites for hydroxylation is 1. The number of piperidine rings is 1. The zero-order valence-corrected chi connectivity index (χ0v) is 14.9. The van der Waals surface area contributed by atoms with Crippen molar-refractivity contribution < 1.29 is 17.7 Å². The minimum absolute atomic E-state index is 0.100. The minimum atomic E-state index is -4.46. The molecule has 0 atom stereocenters. The quantitative estimate of drug-likeness (QED) is 0.875. The molecule has 0 spiro atoms. The van der Waals surface area contributed by atoms with Crippen molar-refractivity contribution in [1.29, 1.82) is 0 Å². The highest BCUT2D eigenvalue weighted by atomic mass is 19.4.